The fourth-order valence-corrected chi connectivity index (χ4v) is 2.90. The zero-order valence-corrected chi connectivity index (χ0v) is 13.7. The Balaban J connectivity index is 1.54. The summed E-state index contributed by atoms with van der Waals surface area (Å²) in [7, 11) is 0. The van der Waals surface area contributed by atoms with Crippen LogP contribution in [-0.2, 0) is 0 Å². The molecule has 25 heavy (non-hydrogen) atoms. The summed E-state index contributed by atoms with van der Waals surface area (Å²) in [6.07, 6.45) is 4.04. The van der Waals surface area contributed by atoms with Gasteiger partial charge in [0.15, 0.2) is 0 Å². The van der Waals surface area contributed by atoms with Crippen molar-refractivity contribution in [2.45, 2.75) is 18.9 Å². The lowest BCUT2D eigenvalue weighted by Gasteiger charge is -2.23. The van der Waals surface area contributed by atoms with Gasteiger partial charge in [0, 0.05) is 23.3 Å². The minimum atomic E-state index is -0.273. The Morgan fingerprint density at radius 2 is 1.88 bits per heavy atom. The van der Waals surface area contributed by atoms with Crippen LogP contribution in [0.3, 0.4) is 0 Å². The molecule has 2 aromatic carbocycles. The molecule has 3 aromatic rings. The van der Waals surface area contributed by atoms with Crippen LogP contribution in [0.2, 0.25) is 0 Å². The molecule has 5 nitrogen and oxygen atoms in total. The number of halogens is 1. The van der Waals surface area contributed by atoms with Gasteiger partial charge < -0.3 is 15.4 Å². The van der Waals surface area contributed by atoms with E-state index in [2.05, 4.69) is 20.6 Å². The molecule has 0 atom stereocenters. The van der Waals surface area contributed by atoms with Gasteiger partial charge in [-0.15, -0.1) is 0 Å². The maximum absolute atomic E-state index is 13.0. The van der Waals surface area contributed by atoms with Crippen molar-refractivity contribution in [2.24, 2.45) is 0 Å². The average Bonchev–Trinajstić information content (AvgIpc) is 2.64. The van der Waals surface area contributed by atoms with Gasteiger partial charge in [-0.3, -0.25) is 0 Å². The van der Waals surface area contributed by atoms with Crippen molar-refractivity contribution in [3.05, 3.63) is 54.5 Å². The van der Waals surface area contributed by atoms with E-state index >= 15 is 0 Å². The van der Waals surface area contributed by atoms with E-state index in [1.807, 2.05) is 18.2 Å². The van der Waals surface area contributed by atoms with Gasteiger partial charge in [0.2, 0.25) is 5.95 Å². The molecule has 1 aliphatic rings. The normalized spacial score (nSPS) is 15.2. The molecule has 1 fully saturated rings. The molecule has 0 amide bonds. The highest BCUT2D eigenvalue weighted by atomic mass is 19.1. The largest absolute Gasteiger partial charge is 0.490 e. The summed E-state index contributed by atoms with van der Waals surface area (Å²) in [5.41, 5.74) is 1.55. The molecular formula is C19H19FN4O. The first-order valence-corrected chi connectivity index (χ1v) is 8.43. The molecule has 6 heteroatoms. The molecule has 128 valence electrons. The second-order valence-electron chi connectivity index (χ2n) is 6.11. The summed E-state index contributed by atoms with van der Waals surface area (Å²) in [4.78, 5) is 8.84. The number of nitrogens with zero attached hydrogens (tertiary/aromatic N) is 2. The number of hydrogen-bond donors (Lipinski definition) is 2. The lowest BCUT2D eigenvalue weighted by atomic mass is 10.1. The topological polar surface area (TPSA) is 59.1 Å². The van der Waals surface area contributed by atoms with E-state index < -0.39 is 0 Å². The van der Waals surface area contributed by atoms with Crippen LogP contribution in [0.15, 0.2) is 48.7 Å². The minimum Gasteiger partial charge on any atom is -0.490 e. The van der Waals surface area contributed by atoms with Gasteiger partial charge in [0.25, 0.3) is 0 Å². The number of fused-ring (bicyclic) bond motifs is 1. The third-order valence-electron chi connectivity index (χ3n) is 4.24. The highest BCUT2D eigenvalue weighted by Gasteiger charge is 2.14. The Labute approximate surface area is 145 Å². The van der Waals surface area contributed by atoms with Crippen molar-refractivity contribution >= 4 is 22.5 Å². The molecule has 2 N–H and O–H groups in total. The van der Waals surface area contributed by atoms with E-state index in [9.17, 15) is 4.39 Å². The summed E-state index contributed by atoms with van der Waals surface area (Å²) < 4.78 is 19.1. The van der Waals surface area contributed by atoms with Gasteiger partial charge >= 0.3 is 0 Å². The molecule has 0 aliphatic carbocycles. The molecule has 0 spiro atoms. The number of anilines is 2. The second-order valence-corrected chi connectivity index (χ2v) is 6.11. The van der Waals surface area contributed by atoms with E-state index in [1.165, 1.54) is 12.1 Å². The Morgan fingerprint density at radius 1 is 1.08 bits per heavy atom. The van der Waals surface area contributed by atoms with Crippen molar-refractivity contribution in [3.8, 4) is 5.75 Å². The van der Waals surface area contributed by atoms with E-state index in [4.69, 9.17) is 4.74 Å². The maximum Gasteiger partial charge on any atom is 0.227 e. The number of aromatic nitrogens is 2. The van der Waals surface area contributed by atoms with E-state index in [0.717, 1.165) is 48.3 Å². The van der Waals surface area contributed by atoms with Crippen molar-refractivity contribution in [1.29, 1.82) is 0 Å². The van der Waals surface area contributed by atoms with Crippen LogP contribution in [0.4, 0.5) is 16.0 Å². The summed E-state index contributed by atoms with van der Waals surface area (Å²) >= 11 is 0. The molecule has 1 saturated heterocycles. The average molecular weight is 338 g/mol. The molecule has 4 rings (SSSR count). The standard InChI is InChI=1S/C19H19FN4O/c20-14-2-4-15(5-3-14)23-19-22-12-13-1-6-17(11-18(13)24-19)25-16-7-9-21-10-8-16/h1-6,11-12,16,21H,7-10H2,(H,22,23,24). The summed E-state index contributed by atoms with van der Waals surface area (Å²) in [6.45, 7) is 1.98. The SMILES string of the molecule is Fc1ccc(Nc2ncc3ccc(OC4CCNCC4)cc3n2)cc1. The van der Waals surface area contributed by atoms with Gasteiger partial charge in [-0.2, -0.15) is 0 Å². The minimum absolute atomic E-state index is 0.248. The zero-order chi connectivity index (χ0) is 17.1. The van der Waals surface area contributed by atoms with Gasteiger partial charge in [-0.05, 0) is 62.3 Å². The van der Waals surface area contributed by atoms with Crippen LogP contribution >= 0.6 is 0 Å². The first-order chi connectivity index (χ1) is 12.3. The Morgan fingerprint density at radius 3 is 2.68 bits per heavy atom. The van der Waals surface area contributed by atoms with Crippen LogP contribution in [0.5, 0.6) is 5.75 Å². The molecule has 0 bridgehead atoms. The molecule has 0 radical (unpaired) electrons. The smallest absolute Gasteiger partial charge is 0.227 e. The van der Waals surface area contributed by atoms with Crippen molar-refractivity contribution in [3.63, 3.8) is 0 Å². The third kappa shape index (κ3) is 3.85. The lowest BCUT2D eigenvalue weighted by molar-refractivity contribution is 0.162. The predicted octanol–water partition coefficient (Wildman–Crippen LogP) is 3.64. The Bertz CT molecular complexity index is 863. The first kappa shape index (κ1) is 15.8. The Kier molecular flexibility index (Phi) is 4.43. The van der Waals surface area contributed by atoms with Crippen LogP contribution in [0.25, 0.3) is 10.9 Å². The molecule has 0 saturated carbocycles. The zero-order valence-electron chi connectivity index (χ0n) is 13.7. The van der Waals surface area contributed by atoms with E-state index in [1.54, 1.807) is 18.3 Å². The maximum atomic E-state index is 13.0. The summed E-state index contributed by atoms with van der Waals surface area (Å²) in [6, 6.07) is 12.0. The molecule has 2 heterocycles. The highest BCUT2D eigenvalue weighted by molar-refractivity contribution is 5.80. The monoisotopic (exact) mass is 338 g/mol. The van der Waals surface area contributed by atoms with Gasteiger partial charge in [0.1, 0.15) is 17.7 Å². The fraction of sp³-hybridized carbons (Fsp3) is 0.263. The number of rotatable bonds is 4. The van der Waals surface area contributed by atoms with Gasteiger partial charge in [-0.25, -0.2) is 14.4 Å². The lowest BCUT2D eigenvalue weighted by Crippen LogP contribution is -2.34. The first-order valence-electron chi connectivity index (χ1n) is 8.43. The van der Waals surface area contributed by atoms with Gasteiger partial charge in [0.05, 0.1) is 5.52 Å². The number of nitrogens with one attached hydrogen (secondary N) is 2. The van der Waals surface area contributed by atoms with Crippen LogP contribution in [0, 0.1) is 5.82 Å². The van der Waals surface area contributed by atoms with E-state index in [0.29, 0.717) is 5.95 Å². The van der Waals surface area contributed by atoms with Crippen molar-refractivity contribution in [2.75, 3.05) is 18.4 Å². The summed E-state index contributed by atoms with van der Waals surface area (Å²) in [5, 5.41) is 7.36. The number of hydrogen-bond acceptors (Lipinski definition) is 5. The number of piperidine rings is 1. The van der Waals surface area contributed by atoms with Gasteiger partial charge in [-0.1, -0.05) is 0 Å². The van der Waals surface area contributed by atoms with Crippen LogP contribution in [-0.4, -0.2) is 29.2 Å². The van der Waals surface area contributed by atoms with Crippen molar-refractivity contribution < 1.29 is 9.13 Å². The van der Waals surface area contributed by atoms with Crippen LogP contribution < -0.4 is 15.4 Å². The quantitative estimate of drug-likeness (QED) is 0.760. The molecule has 1 aliphatic heterocycles. The molecule has 1 aromatic heterocycles. The fourth-order valence-electron chi connectivity index (χ4n) is 2.90. The van der Waals surface area contributed by atoms with Crippen LogP contribution in [0.1, 0.15) is 12.8 Å². The predicted molar refractivity (Wildman–Crippen MR) is 95.7 cm³/mol. The Hall–Kier alpha value is -2.73. The second kappa shape index (κ2) is 7.03. The summed E-state index contributed by atoms with van der Waals surface area (Å²) in [5.74, 6) is 1.02. The molecular weight excluding hydrogens is 319 g/mol. The third-order valence-corrected chi connectivity index (χ3v) is 4.24. The highest BCUT2D eigenvalue weighted by Crippen LogP contribution is 2.23. The number of ether oxygens (including phenoxy) is 1. The number of benzene rings is 2. The van der Waals surface area contributed by atoms with E-state index in [-0.39, 0.29) is 11.9 Å². The van der Waals surface area contributed by atoms with Crippen molar-refractivity contribution in [1.82, 2.24) is 15.3 Å². The molecule has 0 unspecified atom stereocenters.